The zero-order chi connectivity index (χ0) is 21.3. The number of benzene rings is 2. The van der Waals surface area contributed by atoms with Gasteiger partial charge in [0.2, 0.25) is 5.91 Å². The predicted molar refractivity (Wildman–Crippen MR) is 118 cm³/mol. The smallest absolute Gasteiger partial charge is 0.221 e. The van der Waals surface area contributed by atoms with Crippen molar-refractivity contribution in [1.29, 1.82) is 0 Å². The number of rotatable bonds is 10. The van der Waals surface area contributed by atoms with Crippen LogP contribution in [-0.4, -0.2) is 40.9 Å². The number of methoxy groups -OCH3 is 1. The van der Waals surface area contributed by atoms with Gasteiger partial charge in [-0.1, -0.05) is 12.1 Å². The van der Waals surface area contributed by atoms with Crippen molar-refractivity contribution in [2.45, 2.75) is 26.3 Å². The molecule has 3 aromatic rings. The van der Waals surface area contributed by atoms with Crippen LogP contribution in [0.1, 0.15) is 18.9 Å². The molecule has 0 spiro atoms. The molecule has 0 saturated carbocycles. The van der Waals surface area contributed by atoms with Gasteiger partial charge in [0, 0.05) is 25.1 Å². The van der Waals surface area contributed by atoms with Crippen molar-refractivity contribution in [2.75, 3.05) is 20.3 Å². The van der Waals surface area contributed by atoms with Crippen LogP contribution in [0.4, 0.5) is 0 Å². The van der Waals surface area contributed by atoms with E-state index in [1.165, 1.54) is 0 Å². The van der Waals surface area contributed by atoms with Gasteiger partial charge in [0.15, 0.2) is 10.6 Å². The molecule has 0 atom stereocenters. The summed E-state index contributed by atoms with van der Waals surface area (Å²) in [6, 6.07) is 15.5. The van der Waals surface area contributed by atoms with E-state index in [4.69, 9.17) is 21.7 Å². The number of hydrogen-bond acceptors (Lipinski definition) is 5. The number of carbonyl (C=O) groups excluding carboxylic acids is 1. The Kier molecular flexibility index (Phi) is 7.62. The molecule has 0 saturated heterocycles. The van der Waals surface area contributed by atoms with E-state index >= 15 is 0 Å². The van der Waals surface area contributed by atoms with E-state index in [-0.39, 0.29) is 5.91 Å². The molecule has 2 N–H and O–H groups in total. The van der Waals surface area contributed by atoms with Crippen LogP contribution in [-0.2, 0) is 17.8 Å². The summed E-state index contributed by atoms with van der Waals surface area (Å²) in [7, 11) is 1.64. The zero-order valence-corrected chi connectivity index (χ0v) is 18.0. The van der Waals surface area contributed by atoms with Gasteiger partial charge in [-0.2, -0.15) is 5.10 Å². The van der Waals surface area contributed by atoms with Crippen LogP contribution in [0.3, 0.4) is 0 Å². The third kappa shape index (κ3) is 5.70. The molecule has 0 bridgehead atoms. The number of nitrogens with zero attached hydrogens (tertiary/aromatic N) is 2. The summed E-state index contributed by atoms with van der Waals surface area (Å²) in [6.45, 7) is 3.59. The minimum atomic E-state index is -0.0238. The Labute approximate surface area is 181 Å². The van der Waals surface area contributed by atoms with Gasteiger partial charge in [0.25, 0.3) is 0 Å². The lowest BCUT2D eigenvalue weighted by molar-refractivity contribution is -0.121. The van der Waals surface area contributed by atoms with Crippen LogP contribution in [0.2, 0.25) is 0 Å². The van der Waals surface area contributed by atoms with Crippen LogP contribution in [0.15, 0.2) is 48.5 Å². The predicted octanol–water partition coefficient (Wildman–Crippen LogP) is 3.76. The summed E-state index contributed by atoms with van der Waals surface area (Å²) in [5.74, 6) is 2.31. The van der Waals surface area contributed by atoms with Crippen LogP contribution >= 0.6 is 12.2 Å². The van der Waals surface area contributed by atoms with Crippen molar-refractivity contribution in [1.82, 2.24) is 20.1 Å². The third-order valence-electron chi connectivity index (χ3n) is 4.64. The number of ether oxygens (including phenoxy) is 2. The van der Waals surface area contributed by atoms with Crippen molar-refractivity contribution >= 4 is 18.1 Å². The van der Waals surface area contributed by atoms with Gasteiger partial charge in [0.05, 0.1) is 13.7 Å². The van der Waals surface area contributed by atoms with Gasteiger partial charge < -0.3 is 14.8 Å². The molecule has 0 aliphatic heterocycles. The molecule has 158 valence electrons. The lowest BCUT2D eigenvalue weighted by Gasteiger charge is -2.09. The largest absolute Gasteiger partial charge is 0.497 e. The lowest BCUT2D eigenvalue weighted by atomic mass is 10.1. The second-order valence-electron chi connectivity index (χ2n) is 6.66. The minimum absolute atomic E-state index is 0.0238. The first kappa shape index (κ1) is 21.6. The van der Waals surface area contributed by atoms with Crippen LogP contribution in [0.5, 0.6) is 11.5 Å². The maximum absolute atomic E-state index is 12.3. The molecule has 30 heavy (non-hydrogen) atoms. The average molecular weight is 427 g/mol. The van der Waals surface area contributed by atoms with E-state index in [1.807, 2.05) is 60.0 Å². The fourth-order valence-corrected chi connectivity index (χ4v) is 3.28. The Bertz CT molecular complexity index is 1010. The highest BCUT2D eigenvalue weighted by Gasteiger charge is 2.11. The number of carbonyl (C=O) groups is 1. The summed E-state index contributed by atoms with van der Waals surface area (Å²) >= 11 is 5.34. The third-order valence-corrected chi connectivity index (χ3v) is 4.95. The number of hydrogen-bond donors (Lipinski definition) is 2. The molecule has 3 rings (SSSR count). The van der Waals surface area contributed by atoms with E-state index in [0.29, 0.717) is 36.7 Å². The standard InChI is InChI=1S/C22H26N4O3S/c1-3-29-19-10-6-17(7-11-19)21-24-25-22(30)26(21)15-13-20(27)23-14-12-16-4-8-18(28-2)9-5-16/h4-11H,3,12-15H2,1-2H3,(H,23,27)(H,25,30). The Hall–Kier alpha value is -3.13. The number of amides is 1. The van der Waals surface area contributed by atoms with Crippen molar-refractivity contribution in [2.24, 2.45) is 0 Å². The molecule has 0 aliphatic carbocycles. The number of H-pyrrole nitrogens is 1. The first-order chi connectivity index (χ1) is 14.6. The molecule has 0 fully saturated rings. The minimum Gasteiger partial charge on any atom is -0.497 e. The van der Waals surface area contributed by atoms with Gasteiger partial charge >= 0.3 is 0 Å². The molecular weight excluding hydrogens is 400 g/mol. The SMILES string of the molecule is CCOc1ccc(-c2n[nH]c(=S)n2CCC(=O)NCCc2ccc(OC)cc2)cc1. The fourth-order valence-electron chi connectivity index (χ4n) is 3.05. The molecule has 0 unspecified atom stereocenters. The normalized spacial score (nSPS) is 10.6. The maximum atomic E-state index is 12.3. The number of nitrogens with one attached hydrogen (secondary N) is 2. The van der Waals surface area contributed by atoms with Crippen molar-refractivity contribution < 1.29 is 14.3 Å². The Morgan fingerprint density at radius 2 is 1.83 bits per heavy atom. The van der Waals surface area contributed by atoms with E-state index in [9.17, 15) is 4.79 Å². The zero-order valence-electron chi connectivity index (χ0n) is 17.2. The molecule has 1 amide bonds. The number of aromatic nitrogens is 3. The van der Waals surface area contributed by atoms with Crippen LogP contribution in [0.25, 0.3) is 11.4 Å². The highest BCUT2D eigenvalue weighted by atomic mass is 32.1. The van der Waals surface area contributed by atoms with Crippen molar-refractivity contribution in [3.8, 4) is 22.9 Å². The number of aromatic amines is 1. The summed E-state index contributed by atoms with van der Waals surface area (Å²) in [4.78, 5) is 12.3. The summed E-state index contributed by atoms with van der Waals surface area (Å²) in [6.07, 6.45) is 1.08. The Morgan fingerprint density at radius 1 is 1.13 bits per heavy atom. The highest BCUT2D eigenvalue weighted by molar-refractivity contribution is 7.71. The highest BCUT2D eigenvalue weighted by Crippen LogP contribution is 2.21. The molecule has 2 aromatic carbocycles. The van der Waals surface area contributed by atoms with Crippen LogP contribution in [0, 0.1) is 4.77 Å². The van der Waals surface area contributed by atoms with E-state index in [2.05, 4.69) is 15.5 Å². The van der Waals surface area contributed by atoms with E-state index < -0.39 is 0 Å². The first-order valence-corrected chi connectivity index (χ1v) is 10.3. The molecule has 0 aliphatic rings. The van der Waals surface area contributed by atoms with Gasteiger partial charge in [-0.05, 0) is 67.5 Å². The Morgan fingerprint density at radius 3 is 2.50 bits per heavy atom. The van der Waals surface area contributed by atoms with E-state index in [1.54, 1.807) is 7.11 Å². The molecule has 1 heterocycles. The molecule has 1 aromatic heterocycles. The summed E-state index contributed by atoms with van der Waals surface area (Å²) in [5, 5.41) is 10.1. The monoisotopic (exact) mass is 426 g/mol. The quantitative estimate of drug-likeness (QED) is 0.483. The first-order valence-electron chi connectivity index (χ1n) is 9.88. The molecule has 8 heteroatoms. The average Bonchev–Trinajstić information content (AvgIpc) is 3.14. The van der Waals surface area contributed by atoms with Gasteiger partial charge in [-0.15, -0.1) is 0 Å². The lowest BCUT2D eigenvalue weighted by Crippen LogP contribution is -2.26. The second-order valence-corrected chi connectivity index (χ2v) is 7.05. The van der Waals surface area contributed by atoms with Gasteiger partial charge in [0.1, 0.15) is 11.5 Å². The fraction of sp³-hybridized carbons (Fsp3) is 0.318. The van der Waals surface area contributed by atoms with Crippen molar-refractivity contribution in [3.63, 3.8) is 0 Å². The van der Waals surface area contributed by atoms with E-state index in [0.717, 1.165) is 29.0 Å². The summed E-state index contributed by atoms with van der Waals surface area (Å²) < 4.78 is 13.0. The van der Waals surface area contributed by atoms with Gasteiger partial charge in [-0.25, -0.2) is 0 Å². The van der Waals surface area contributed by atoms with Crippen LogP contribution < -0.4 is 14.8 Å². The maximum Gasteiger partial charge on any atom is 0.221 e. The van der Waals surface area contributed by atoms with Crippen molar-refractivity contribution in [3.05, 3.63) is 58.9 Å². The topological polar surface area (TPSA) is 81.2 Å². The molecule has 7 nitrogen and oxygen atoms in total. The molecule has 0 radical (unpaired) electrons. The Balaban J connectivity index is 1.53. The van der Waals surface area contributed by atoms with Gasteiger partial charge in [-0.3, -0.25) is 14.5 Å². The summed E-state index contributed by atoms with van der Waals surface area (Å²) in [5.41, 5.74) is 2.05. The second kappa shape index (κ2) is 10.6. The molecular formula is C22H26N4O3S.